The molecule has 1 fully saturated rings. The van der Waals surface area contributed by atoms with Crippen LogP contribution in [0.5, 0.6) is 0 Å². The van der Waals surface area contributed by atoms with E-state index in [4.69, 9.17) is 4.74 Å². The number of carbonyl (C=O) groups is 1. The van der Waals surface area contributed by atoms with Gasteiger partial charge in [0.25, 0.3) is 0 Å². The molecule has 0 bridgehead atoms. The van der Waals surface area contributed by atoms with E-state index in [1.54, 1.807) is 0 Å². The summed E-state index contributed by atoms with van der Waals surface area (Å²) in [7, 11) is 0. The van der Waals surface area contributed by atoms with E-state index in [2.05, 4.69) is 42.6 Å². The molecule has 1 aromatic carbocycles. The monoisotopic (exact) mass is 289 g/mol. The van der Waals surface area contributed by atoms with Crippen LogP contribution in [0, 0.1) is 0 Å². The van der Waals surface area contributed by atoms with Crippen molar-refractivity contribution in [3.8, 4) is 0 Å². The molecule has 2 rings (SSSR count). The number of esters is 1. The molecule has 1 aromatic rings. The first-order chi connectivity index (χ1) is 10.2. The van der Waals surface area contributed by atoms with Gasteiger partial charge in [-0.2, -0.15) is 0 Å². The molecule has 0 amide bonds. The standard InChI is InChI=1S/C18H27NO2/c1-3-14-19-18(17(20)21-4-2)12-10-16(11-13-18)15-8-6-5-7-9-15/h5-9,16,19H,3-4,10-14H2,1-2H3. The van der Waals surface area contributed by atoms with Gasteiger partial charge in [-0.25, -0.2) is 0 Å². The first-order valence-corrected chi connectivity index (χ1v) is 8.19. The minimum atomic E-state index is -0.461. The third kappa shape index (κ3) is 3.85. The van der Waals surface area contributed by atoms with Gasteiger partial charge in [-0.05, 0) is 57.1 Å². The van der Waals surface area contributed by atoms with Crippen molar-refractivity contribution in [1.82, 2.24) is 5.32 Å². The summed E-state index contributed by atoms with van der Waals surface area (Å²) in [4.78, 5) is 12.4. The van der Waals surface area contributed by atoms with Crippen molar-refractivity contribution < 1.29 is 9.53 Å². The Morgan fingerprint density at radius 2 is 1.90 bits per heavy atom. The van der Waals surface area contributed by atoms with Gasteiger partial charge in [0.2, 0.25) is 0 Å². The number of benzene rings is 1. The zero-order valence-corrected chi connectivity index (χ0v) is 13.2. The summed E-state index contributed by atoms with van der Waals surface area (Å²) in [6.45, 7) is 5.33. The first-order valence-electron chi connectivity index (χ1n) is 8.19. The Morgan fingerprint density at radius 3 is 2.48 bits per heavy atom. The number of rotatable bonds is 6. The fourth-order valence-electron chi connectivity index (χ4n) is 3.26. The van der Waals surface area contributed by atoms with Gasteiger partial charge in [0.05, 0.1) is 6.61 Å². The van der Waals surface area contributed by atoms with Gasteiger partial charge in [0, 0.05) is 0 Å². The molecule has 0 aliphatic heterocycles. The molecular weight excluding hydrogens is 262 g/mol. The van der Waals surface area contributed by atoms with Crippen LogP contribution >= 0.6 is 0 Å². The van der Waals surface area contributed by atoms with Crippen molar-refractivity contribution in [1.29, 1.82) is 0 Å². The predicted octanol–water partition coefficient (Wildman–Crippen LogP) is 3.65. The maximum Gasteiger partial charge on any atom is 0.326 e. The lowest BCUT2D eigenvalue weighted by molar-refractivity contribution is -0.153. The third-order valence-electron chi connectivity index (χ3n) is 4.49. The lowest BCUT2D eigenvalue weighted by Crippen LogP contribution is -2.55. The van der Waals surface area contributed by atoms with Crippen molar-refractivity contribution >= 4 is 5.97 Å². The van der Waals surface area contributed by atoms with Gasteiger partial charge < -0.3 is 10.1 Å². The van der Waals surface area contributed by atoms with Gasteiger partial charge in [-0.3, -0.25) is 4.79 Å². The number of ether oxygens (including phenoxy) is 1. The lowest BCUT2D eigenvalue weighted by atomic mass is 9.74. The molecule has 0 spiro atoms. The second-order valence-electron chi connectivity index (χ2n) is 5.91. The Morgan fingerprint density at radius 1 is 1.24 bits per heavy atom. The van der Waals surface area contributed by atoms with Crippen molar-refractivity contribution in [2.24, 2.45) is 0 Å². The highest BCUT2D eigenvalue weighted by Gasteiger charge is 2.42. The summed E-state index contributed by atoms with van der Waals surface area (Å²) in [6, 6.07) is 10.6. The van der Waals surface area contributed by atoms with Gasteiger partial charge >= 0.3 is 5.97 Å². The fourth-order valence-corrected chi connectivity index (χ4v) is 3.26. The zero-order valence-electron chi connectivity index (χ0n) is 13.2. The number of hydrogen-bond acceptors (Lipinski definition) is 3. The Kier molecular flexibility index (Phi) is 5.80. The quantitative estimate of drug-likeness (QED) is 0.812. The highest BCUT2D eigenvalue weighted by atomic mass is 16.5. The van der Waals surface area contributed by atoms with Gasteiger partial charge in [-0.1, -0.05) is 37.3 Å². The largest absolute Gasteiger partial charge is 0.465 e. The smallest absolute Gasteiger partial charge is 0.326 e. The summed E-state index contributed by atoms with van der Waals surface area (Å²) in [6.07, 6.45) is 4.85. The van der Waals surface area contributed by atoms with Crippen molar-refractivity contribution in [2.45, 2.75) is 57.4 Å². The summed E-state index contributed by atoms with van der Waals surface area (Å²) in [5.74, 6) is 0.502. The average Bonchev–Trinajstić information content (AvgIpc) is 2.54. The Labute approximate surface area is 128 Å². The molecule has 21 heavy (non-hydrogen) atoms. The van der Waals surface area contributed by atoms with E-state index < -0.39 is 5.54 Å². The maximum absolute atomic E-state index is 12.4. The van der Waals surface area contributed by atoms with Crippen LogP contribution in [-0.2, 0) is 9.53 Å². The zero-order chi connectivity index (χ0) is 15.1. The molecule has 1 aliphatic rings. The molecule has 1 N–H and O–H groups in total. The summed E-state index contributed by atoms with van der Waals surface area (Å²) < 4.78 is 5.32. The highest BCUT2D eigenvalue weighted by molar-refractivity contribution is 5.81. The van der Waals surface area contributed by atoms with E-state index in [1.165, 1.54) is 5.56 Å². The fraction of sp³-hybridized carbons (Fsp3) is 0.611. The minimum Gasteiger partial charge on any atom is -0.465 e. The van der Waals surface area contributed by atoms with Gasteiger partial charge in [0.15, 0.2) is 0 Å². The van der Waals surface area contributed by atoms with Gasteiger partial charge in [-0.15, -0.1) is 0 Å². The van der Waals surface area contributed by atoms with Crippen LogP contribution in [0.25, 0.3) is 0 Å². The molecule has 3 heteroatoms. The van der Waals surface area contributed by atoms with Crippen LogP contribution in [-0.4, -0.2) is 24.7 Å². The SMILES string of the molecule is CCCNC1(C(=O)OCC)CCC(c2ccccc2)CC1. The third-order valence-corrected chi connectivity index (χ3v) is 4.49. The van der Waals surface area contributed by atoms with Crippen LogP contribution in [0.1, 0.15) is 57.4 Å². The molecule has 0 radical (unpaired) electrons. The summed E-state index contributed by atoms with van der Waals surface area (Å²) in [5, 5.41) is 3.47. The van der Waals surface area contributed by atoms with Crippen molar-refractivity contribution in [3.05, 3.63) is 35.9 Å². The summed E-state index contributed by atoms with van der Waals surface area (Å²) in [5.41, 5.74) is 0.933. The van der Waals surface area contributed by atoms with E-state index in [1.807, 2.05) is 6.92 Å². The lowest BCUT2D eigenvalue weighted by Gasteiger charge is -2.39. The molecule has 0 heterocycles. The van der Waals surface area contributed by atoms with Crippen LogP contribution in [0.2, 0.25) is 0 Å². The molecular formula is C18H27NO2. The molecule has 3 nitrogen and oxygen atoms in total. The molecule has 116 valence electrons. The second kappa shape index (κ2) is 7.60. The average molecular weight is 289 g/mol. The van der Waals surface area contributed by atoms with Crippen LogP contribution in [0.15, 0.2) is 30.3 Å². The second-order valence-corrected chi connectivity index (χ2v) is 5.91. The van der Waals surface area contributed by atoms with Gasteiger partial charge in [0.1, 0.15) is 5.54 Å². The number of carbonyl (C=O) groups excluding carboxylic acids is 1. The van der Waals surface area contributed by atoms with E-state index in [0.717, 1.165) is 38.6 Å². The van der Waals surface area contributed by atoms with Crippen LogP contribution in [0.3, 0.4) is 0 Å². The topological polar surface area (TPSA) is 38.3 Å². The Balaban J connectivity index is 2.04. The molecule has 0 unspecified atom stereocenters. The Hall–Kier alpha value is -1.35. The molecule has 0 atom stereocenters. The summed E-state index contributed by atoms with van der Waals surface area (Å²) >= 11 is 0. The normalized spacial score (nSPS) is 25.5. The number of nitrogens with one attached hydrogen (secondary N) is 1. The maximum atomic E-state index is 12.4. The molecule has 1 saturated carbocycles. The predicted molar refractivity (Wildman–Crippen MR) is 85.3 cm³/mol. The first kappa shape index (κ1) is 16.0. The molecule has 0 aromatic heterocycles. The van der Waals surface area contributed by atoms with E-state index in [0.29, 0.717) is 12.5 Å². The van der Waals surface area contributed by atoms with E-state index in [-0.39, 0.29) is 5.97 Å². The highest BCUT2D eigenvalue weighted by Crippen LogP contribution is 2.38. The molecule has 0 saturated heterocycles. The van der Waals surface area contributed by atoms with Crippen molar-refractivity contribution in [3.63, 3.8) is 0 Å². The Bertz CT molecular complexity index is 436. The van der Waals surface area contributed by atoms with E-state index >= 15 is 0 Å². The van der Waals surface area contributed by atoms with Crippen LogP contribution < -0.4 is 5.32 Å². The molecule has 1 aliphatic carbocycles. The van der Waals surface area contributed by atoms with Crippen LogP contribution in [0.4, 0.5) is 0 Å². The number of hydrogen-bond donors (Lipinski definition) is 1. The van der Waals surface area contributed by atoms with Crippen molar-refractivity contribution in [2.75, 3.05) is 13.2 Å². The minimum absolute atomic E-state index is 0.0649. The van der Waals surface area contributed by atoms with E-state index in [9.17, 15) is 4.79 Å².